The predicted octanol–water partition coefficient (Wildman–Crippen LogP) is 1.93. The van der Waals surface area contributed by atoms with Gasteiger partial charge in [-0.3, -0.25) is 9.59 Å². The molecular formula is C15H15ClN2O5S. The third kappa shape index (κ3) is 5.39. The number of nitrogens with zero attached hydrogens (tertiary/aromatic N) is 1. The number of esters is 1. The molecule has 0 saturated carbocycles. The van der Waals surface area contributed by atoms with Crippen molar-refractivity contribution >= 4 is 40.7 Å². The number of likely N-dealkylation sites (N-methyl/N-ethyl adjacent to an activating group) is 1. The quantitative estimate of drug-likeness (QED) is 0.752. The highest BCUT2D eigenvalue weighted by Gasteiger charge is 2.17. The van der Waals surface area contributed by atoms with Gasteiger partial charge >= 0.3 is 5.97 Å². The highest BCUT2D eigenvalue weighted by molar-refractivity contribution is 7.17. The number of rotatable bonds is 7. The lowest BCUT2D eigenvalue weighted by Crippen LogP contribution is -2.39. The molecular weight excluding hydrogens is 356 g/mol. The lowest BCUT2D eigenvalue weighted by atomic mass is 10.4. The molecule has 2 heterocycles. The Labute approximate surface area is 147 Å². The van der Waals surface area contributed by atoms with Crippen LogP contribution in [0.1, 0.15) is 15.4 Å². The fraction of sp³-hybridized carbons (Fsp3) is 0.267. The summed E-state index contributed by atoms with van der Waals surface area (Å²) in [6.45, 7) is -0.361. The van der Waals surface area contributed by atoms with E-state index in [1.807, 2.05) is 0 Å². The molecule has 0 aromatic carbocycles. The minimum absolute atomic E-state index is 0.151. The number of hydrogen-bond acceptors (Lipinski definition) is 6. The summed E-state index contributed by atoms with van der Waals surface area (Å²) in [6, 6.07) is 6.53. The zero-order chi connectivity index (χ0) is 17.5. The van der Waals surface area contributed by atoms with Crippen LogP contribution < -0.4 is 5.32 Å². The van der Waals surface area contributed by atoms with Gasteiger partial charge in [-0.25, -0.2) is 4.79 Å². The highest BCUT2D eigenvalue weighted by Crippen LogP contribution is 2.21. The molecule has 0 aliphatic rings. The van der Waals surface area contributed by atoms with Crippen LogP contribution in [-0.4, -0.2) is 42.9 Å². The fourth-order valence-corrected chi connectivity index (χ4v) is 2.63. The summed E-state index contributed by atoms with van der Waals surface area (Å²) in [5.74, 6) is -0.852. The summed E-state index contributed by atoms with van der Waals surface area (Å²) in [4.78, 5) is 36.8. The Morgan fingerprint density at radius 3 is 2.75 bits per heavy atom. The molecule has 24 heavy (non-hydrogen) atoms. The van der Waals surface area contributed by atoms with Gasteiger partial charge in [0.25, 0.3) is 5.91 Å². The van der Waals surface area contributed by atoms with Crippen molar-refractivity contribution in [3.05, 3.63) is 45.5 Å². The normalized spacial score (nSPS) is 10.2. The molecule has 2 aromatic rings. The summed E-state index contributed by atoms with van der Waals surface area (Å²) < 4.78 is 10.4. The van der Waals surface area contributed by atoms with Gasteiger partial charge in [0.15, 0.2) is 6.61 Å². The Balaban J connectivity index is 1.71. The van der Waals surface area contributed by atoms with Crippen LogP contribution in [-0.2, 0) is 20.9 Å². The van der Waals surface area contributed by atoms with Crippen molar-refractivity contribution in [1.29, 1.82) is 0 Å². The first kappa shape index (κ1) is 18.0. The van der Waals surface area contributed by atoms with E-state index in [4.69, 9.17) is 20.8 Å². The molecule has 0 atom stereocenters. The molecule has 2 aromatic heterocycles. The molecule has 0 bridgehead atoms. The molecule has 0 fully saturated rings. The summed E-state index contributed by atoms with van der Waals surface area (Å²) in [6.07, 6.45) is 1.51. The Morgan fingerprint density at radius 1 is 1.33 bits per heavy atom. The number of ether oxygens (including phenoxy) is 1. The van der Waals surface area contributed by atoms with Crippen molar-refractivity contribution in [1.82, 2.24) is 10.2 Å². The zero-order valence-corrected chi connectivity index (χ0v) is 14.4. The molecule has 128 valence electrons. The second kappa shape index (κ2) is 8.51. The smallest absolute Gasteiger partial charge is 0.348 e. The lowest BCUT2D eigenvalue weighted by Gasteiger charge is -2.16. The van der Waals surface area contributed by atoms with E-state index in [2.05, 4.69) is 5.32 Å². The van der Waals surface area contributed by atoms with Crippen molar-refractivity contribution in [2.75, 3.05) is 20.2 Å². The van der Waals surface area contributed by atoms with Gasteiger partial charge in [-0.1, -0.05) is 11.6 Å². The maximum Gasteiger partial charge on any atom is 0.348 e. The van der Waals surface area contributed by atoms with E-state index in [0.29, 0.717) is 15.0 Å². The molecule has 1 N–H and O–H groups in total. The summed E-state index contributed by atoms with van der Waals surface area (Å²) in [5, 5.41) is 2.62. The maximum atomic E-state index is 11.9. The number of hydrogen-bond donors (Lipinski definition) is 1. The molecule has 0 spiro atoms. The van der Waals surface area contributed by atoms with Crippen LogP contribution in [0.2, 0.25) is 4.34 Å². The first-order valence-corrected chi connectivity index (χ1v) is 8.10. The predicted molar refractivity (Wildman–Crippen MR) is 87.8 cm³/mol. The van der Waals surface area contributed by atoms with E-state index < -0.39 is 18.5 Å². The van der Waals surface area contributed by atoms with E-state index in [9.17, 15) is 14.4 Å². The van der Waals surface area contributed by atoms with Gasteiger partial charge in [-0.05, 0) is 24.3 Å². The summed E-state index contributed by atoms with van der Waals surface area (Å²) >= 11 is 6.79. The van der Waals surface area contributed by atoms with Crippen LogP contribution in [0.5, 0.6) is 0 Å². The van der Waals surface area contributed by atoms with Crippen LogP contribution in [0.15, 0.2) is 34.9 Å². The van der Waals surface area contributed by atoms with E-state index in [1.54, 1.807) is 18.2 Å². The topological polar surface area (TPSA) is 88.8 Å². The molecule has 0 radical (unpaired) electrons. The monoisotopic (exact) mass is 370 g/mol. The molecule has 2 amide bonds. The van der Waals surface area contributed by atoms with Crippen LogP contribution in [0.4, 0.5) is 0 Å². The van der Waals surface area contributed by atoms with E-state index in [1.165, 1.54) is 24.3 Å². The van der Waals surface area contributed by atoms with E-state index >= 15 is 0 Å². The molecule has 0 aliphatic heterocycles. The van der Waals surface area contributed by atoms with Crippen LogP contribution in [0.3, 0.4) is 0 Å². The van der Waals surface area contributed by atoms with Crippen molar-refractivity contribution in [2.24, 2.45) is 0 Å². The number of carbonyl (C=O) groups is 3. The van der Waals surface area contributed by atoms with Gasteiger partial charge in [0.05, 0.1) is 23.7 Å². The van der Waals surface area contributed by atoms with E-state index in [-0.39, 0.29) is 19.0 Å². The second-order valence-corrected chi connectivity index (χ2v) is 6.50. The summed E-state index contributed by atoms with van der Waals surface area (Å²) in [7, 11) is 1.45. The molecule has 0 saturated heterocycles. The average molecular weight is 371 g/mol. The fourth-order valence-electron chi connectivity index (χ4n) is 1.69. The van der Waals surface area contributed by atoms with Gasteiger partial charge in [0.1, 0.15) is 10.6 Å². The number of halogens is 1. The first-order chi connectivity index (χ1) is 11.5. The highest BCUT2D eigenvalue weighted by atomic mass is 35.5. The van der Waals surface area contributed by atoms with Crippen molar-refractivity contribution in [3.63, 3.8) is 0 Å². The van der Waals surface area contributed by atoms with Gasteiger partial charge in [-0.2, -0.15) is 0 Å². The number of amides is 2. The minimum atomic E-state index is -0.629. The SMILES string of the molecule is CN(CC(=O)NCc1ccco1)C(=O)COC(=O)c1ccc(Cl)s1. The number of nitrogens with one attached hydrogen (secondary N) is 1. The molecule has 0 unspecified atom stereocenters. The Kier molecular flexibility index (Phi) is 6.39. The minimum Gasteiger partial charge on any atom is -0.467 e. The van der Waals surface area contributed by atoms with Gasteiger partial charge in [0.2, 0.25) is 5.91 Å². The zero-order valence-electron chi connectivity index (χ0n) is 12.8. The van der Waals surface area contributed by atoms with Gasteiger partial charge in [0, 0.05) is 7.05 Å². The molecule has 7 nitrogen and oxygen atoms in total. The largest absolute Gasteiger partial charge is 0.467 e. The summed E-state index contributed by atoms with van der Waals surface area (Å²) in [5.41, 5.74) is 0. The Hall–Kier alpha value is -2.32. The van der Waals surface area contributed by atoms with Crippen molar-refractivity contribution in [2.45, 2.75) is 6.54 Å². The first-order valence-electron chi connectivity index (χ1n) is 6.91. The van der Waals surface area contributed by atoms with Crippen molar-refractivity contribution in [3.8, 4) is 0 Å². The van der Waals surface area contributed by atoms with Gasteiger partial charge < -0.3 is 19.4 Å². The Bertz CT molecular complexity index is 713. The molecule has 2 rings (SSSR count). The number of carbonyl (C=O) groups excluding carboxylic acids is 3. The number of thiophene rings is 1. The van der Waals surface area contributed by atoms with Crippen LogP contribution >= 0.6 is 22.9 Å². The van der Waals surface area contributed by atoms with Gasteiger partial charge in [-0.15, -0.1) is 11.3 Å². The third-order valence-electron chi connectivity index (χ3n) is 2.95. The van der Waals surface area contributed by atoms with Crippen molar-refractivity contribution < 1.29 is 23.5 Å². The average Bonchev–Trinajstić information content (AvgIpc) is 3.21. The van der Waals surface area contributed by atoms with E-state index in [0.717, 1.165) is 11.3 Å². The second-order valence-electron chi connectivity index (χ2n) is 4.79. The molecule has 0 aliphatic carbocycles. The van der Waals surface area contributed by atoms with Crippen LogP contribution in [0, 0.1) is 0 Å². The molecule has 9 heteroatoms. The maximum absolute atomic E-state index is 11.9. The lowest BCUT2D eigenvalue weighted by molar-refractivity contribution is -0.137. The Morgan fingerprint density at radius 2 is 2.12 bits per heavy atom. The third-order valence-corrected chi connectivity index (χ3v) is 4.16. The number of furan rings is 1. The standard InChI is InChI=1S/C15H15ClN2O5S/c1-18(8-13(19)17-7-10-3-2-6-22-10)14(20)9-23-15(21)11-4-5-12(16)24-11/h2-6H,7-9H2,1H3,(H,17,19). The van der Waals surface area contributed by atoms with Crippen LogP contribution in [0.25, 0.3) is 0 Å².